The number of esters is 1. The normalized spacial score (nSPS) is 21.1. The standard InChI is InChI=1S/C39H55NO4Si/c1-7-18-32(29-44-45(38(3,4)5,34-22-13-9-14-23-34)35-24-15-10-16-25-35)39(6)26-17-21-33(40-39)27-36(41)30(2)37(42)43-28-31-19-11-8-12-20-31/h8-16,19-20,22-25,30,32-33,36,40-41H,7,17-18,21,26-29H2,1-6H3/t30?,32?,33-,36-,39+/m1/s1. The highest BCUT2D eigenvalue weighted by atomic mass is 28.4. The molecular weight excluding hydrogens is 575 g/mol. The first-order valence-electron chi connectivity index (χ1n) is 16.9. The van der Waals surface area contributed by atoms with Crippen molar-refractivity contribution >= 4 is 24.7 Å². The lowest BCUT2D eigenvalue weighted by molar-refractivity contribution is -0.153. The van der Waals surface area contributed by atoms with E-state index in [0.29, 0.717) is 18.9 Å². The number of carbonyl (C=O) groups is 1. The summed E-state index contributed by atoms with van der Waals surface area (Å²) in [5, 5.41) is 17.6. The number of nitrogens with one attached hydrogen (secondary N) is 1. The highest BCUT2D eigenvalue weighted by Gasteiger charge is 2.51. The van der Waals surface area contributed by atoms with E-state index in [9.17, 15) is 9.90 Å². The Kier molecular flexibility index (Phi) is 12.2. The number of hydrogen-bond acceptors (Lipinski definition) is 5. The molecule has 0 saturated carbocycles. The third-order valence-corrected chi connectivity index (χ3v) is 14.9. The van der Waals surface area contributed by atoms with Crippen LogP contribution in [0.1, 0.15) is 85.6 Å². The summed E-state index contributed by atoms with van der Waals surface area (Å²) in [6.45, 7) is 14.3. The number of piperidine rings is 1. The Morgan fingerprint density at radius 2 is 1.53 bits per heavy atom. The Morgan fingerprint density at radius 3 is 2.07 bits per heavy atom. The van der Waals surface area contributed by atoms with Crippen LogP contribution in [0.2, 0.25) is 5.04 Å². The third-order valence-electron chi connectivity index (χ3n) is 9.94. The fourth-order valence-corrected chi connectivity index (χ4v) is 11.9. The third kappa shape index (κ3) is 8.53. The zero-order valence-electron chi connectivity index (χ0n) is 28.3. The van der Waals surface area contributed by atoms with Gasteiger partial charge in [-0.3, -0.25) is 4.79 Å². The Balaban J connectivity index is 1.48. The van der Waals surface area contributed by atoms with Gasteiger partial charge in [0.25, 0.3) is 8.32 Å². The molecule has 4 rings (SSSR count). The monoisotopic (exact) mass is 629 g/mol. The number of carbonyl (C=O) groups excluding carboxylic acids is 1. The van der Waals surface area contributed by atoms with E-state index in [1.165, 1.54) is 10.4 Å². The second-order valence-corrected chi connectivity index (χ2v) is 18.6. The molecule has 3 aromatic rings. The average Bonchev–Trinajstić information content (AvgIpc) is 3.04. The van der Waals surface area contributed by atoms with Gasteiger partial charge in [0.05, 0.1) is 12.0 Å². The van der Waals surface area contributed by atoms with Gasteiger partial charge in [-0.15, -0.1) is 0 Å². The lowest BCUT2D eigenvalue weighted by Gasteiger charge is -2.48. The molecule has 5 nitrogen and oxygen atoms in total. The van der Waals surface area contributed by atoms with Gasteiger partial charge < -0.3 is 19.6 Å². The second-order valence-electron chi connectivity index (χ2n) is 14.3. The molecule has 1 aliphatic rings. The van der Waals surface area contributed by atoms with Crippen molar-refractivity contribution in [2.24, 2.45) is 11.8 Å². The number of aliphatic hydroxyl groups is 1. The Labute approximate surface area is 272 Å². The first-order valence-corrected chi connectivity index (χ1v) is 18.8. The van der Waals surface area contributed by atoms with E-state index in [1.54, 1.807) is 6.92 Å². The summed E-state index contributed by atoms with van der Waals surface area (Å²) in [5.41, 5.74) is 0.806. The lowest BCUT2D eigenvalue weighted by atomic mass is 9.75. The van der Waals surface area contributed by atoms with Gasteiger partial charge in [-0.2, -0.15) is 0 Å². The van der Waals surface area contributed by atoms with E-state index in [-0.39, 0.29) is 29.2 Å². The molecule has 2 unspecified atom stereocenters. The van der Waals surface area contributed by atoms with Crippen LogP contribution in [0.3, 0.4) is 0 Å². The molecule has 0 spiro atoms. The highest BCUT2D eigenvalue weighted by molar-refractivity contribution is 6.99. The van der Waals surface area contributed by atoms with Crippen LogP contribution >= 0.6 is 0 Å². The smallest absolute Gasteiger partial charge is 0.311 e. The maximum absolute atomic E-state index is 12.8. The maximum atomic E-state index is 12.8. The molecule has 1 heterocycles. The SMILES string of the molecule is CCCC(CO[Si](c1ccccc1)(c1ccccc1)C(C)(C)C)[C@]1(C)CCC[C@H](C[C@@H](O)C(C)C(=O)OCc2ccccc2)N1. The molecule has 0 radical (unpaired) electrons. The second kappa shape index (κ2) is 15.7. The van der Waals surface area contributed by atoms with Crippen molar-refractivity contribution in [2.75, 3.05) is 6.61 Å². The first kappa shape index (κ1) is 35.1. The van der Waals surface area contributed by atoms with Crippen molar-refractivity contribution in [2.45, 2.75) is 109 Å². The maximum Gasteiger partial charge on any atom is 0.311 e. The first-order chi connectivity index (χ1) is 21.5. The minimum absolute atomic E-state index is 0.0781. The van der Waals surface area contributed by atoms with Crippen molar-refractivity contribution in [3.8, 4) is 0 Å². The molecule has 45 heavy (non-hydrogen) atoms. The van der Waals surface area contributed by atoms with Crippen LogP contribution in [0, 0.1) is 11.8 Å². The van der Waals surface area contributed by atoms with Crippen molar-refractivity contribution in [1.29, 1.82) is 0 Å². The van der Waals surface area contributed by atoms with Crippen LogP contribution in [0.25, 0.3) is 0 Å². The van der Waals surface area contributed by atoms with E-state index in [4.69, 9.17) is 9.16 Å². The van der Waals surface area contributed by atoms with E-state index in [1.807, 2.05) is 30.3 Å². The summed E-state index contributed by atoms with van der Waals surface area (Å²) in [4.78, 5) is 12.8. The quantitative estimate of drug-likeness (QED) is 0.148. The van der Waals surface area contributed by atoms with Crippen LogP contribution in [0.15, 0.2) is 91.0 Å². The number of ether oxygens (including phenoxy) is 1. The molecule has 1 saturated heterocycles. The molecule has 1 fully saturated rings. The van der Waals surface area contributed by atoms with Gasteiger partial charge in [0, 0.05) is 18.2 Å². The minimum atomic E-state index is -2.66. The van der Waals surface area contributed by atoms with Gasteiger partial charge in [-0.1, -0.05) is 132 Å². The molecule has 1 aliphatic heterocycles. The topological polar surface area (TPSA) is 67.8 Å². The van der Waals surface area contributed by atoms with Crippen molar-refractivity contribution < 1.29 is 19.1 Å². The van der Waals surface area contributed by atoms with Crippen LogP contribution < -0.4 is 15.7 Å². The molecule has 0 bridgehead atoms. The molecule has 2 N–H and O–H groups in total. The Hall–Kier alpha value is -2.77. The Morgan fingerprint density at radius 1 is 0.978 bits per heavy atom. The molecule has 6 heteroatoms. The largest absolute Gasteiger partial charge is 0.461 e. The van der Waals surface area contributed by atoms with Gasteiger partial charge in [0.1, 0.15) is 6.61 Å². The Bertz CT molecular complexity index is 1270. The molecule has 5 atom stereocenters. The number of benzene rings is 3. The van der Waals surface area contributed by atoms with Crippen molar-refractivity contribution in [3.63, 3.8) is 0 Å². The van der Waals surface area contributed by atoms with Gasteiger partial charge in [-0.05, 0) is 66.4 Å². The predicted molar refractivity (Wildman–Crippen MR) is 187 cm³/mol. The fourth-order valence-electron chi connectivity index (χ4n) is 7.26. The van der Waals surface area contributed by atoms with E-state index < -0.39 is 20.3 Å². The molecule has 244 valence electrons. The summed E-state index contributed by atoms with van der Waals surface area (Å²) in [6, 6.07) is 31.5. The lowest BCUT2D eigenvalue weighted by Crippen LogP contribution is -2.67. The summed E-state index contributed by atoms with van der Waals surface area (Å²) < 4.78 is 13.0. The number of rotatable bonds is 14. The zero-order chi connectivity index (χ0) is 32.5. The van der Waals surface area contributed by atoms with Crippen LogP contribution in [0.5, 0.6) is 0 Å². The molecule has 0 aliphatic carbocycles. The molecular formula is C39H55NO4Si. The molecule has 0 aromatic heterocycles. The van der Waals surface area contributed by atoms with Crippen LogP contribution in [-0.2, 0) is 20.6 Å². The summed E-state index contributed by atoms with van der Waals surface area (Å²) >= 11 is 0. The average molecular weight is 630 g/mol. The van der Waals surface area contributed by atoms with E-state index in [0.717, 1.165) is 37.7 Å². The van der Waals surface area contributed by atoms with Gasteiger partial charge >= 0.3 is 5.97 Å². The van der Waals surface area contributed by atoms with Crippen LogP contribution in [0.4, 0.5) is 0 Å². The van der Waals surface area contributed by atoms with Crippen molar-refractivity contribution in [1.82, 2.24) is 5.32 Å². The fraction of sp³-hybridized carbons (Fsp3) is 0.513. The summed E-state index contributed by atoms with van der Waals surface area (Å²) in [5.74, 6) is -0.640. The van der Waals surface area contributed by atoms with E-state index >= 15 is 0 Å². The molecule has 0 amide bonds. The number of hydrogen-bond donors (Lipinski definition) is 2. The summed E-state index contributed by atoms with van der Waals surface area (Å²) in [6.07, 6.45) is 4.99. The van der Waals surface area contributed by atoms with Crippen LogP contribution in [-0.4, -0.2) is 43.7 Å². The zero-order valence-corrected chi connectivity index (χ0v) is 29.3. The van der Waals surface area contributed by atoms with Gasteiger partial charge in [0.15, 0.2) is 0 Å². The van der Waals surface area contributed by atoms with Crippen molar-refractivity contribution in [3.05, 3.63) is 96.6 Å². The van der Waals surface area contributed by atoms with Gasteiger partial charge in [-0.25, -0.2) is 0 Å². The molecule has 3 aromatic carbocycles. The summed E-state index contributed by atoms with van der Waals surface area (Å²) in [7, 11) is -2.66. The highest BCUT2D eigenvalue weighted by Crippen LogP contribution is 2.39. The minimum Gasteiger partial charge on any atom is -0.461 e. The van der Waals surface area contributed by atoms with Gasteiger partial charge in [0.2, 0.25) is 0 Å². The number of aliphatic hydroxyl groups excluding tert-OH is 1. The predicted octanol–water partition coefficient (Wildman–Crippen LogP) is 7.01. The van der Waals surface area contributed by atoms with E-state index in [2.05, 4.69) is 101 Å².